The lowest BCUT2D eigenvalue weighted by Gasteiger charge is -2.32. The molecule has 1 aromatic heterocycles. The van der Waals surface area contributed by atoms with Crippen LogP contribution < -0.4 is 16.0 Å². The number of hydrogen-bond acceptors (Lipinski definition) is 6. The van der Waals surface area contributed by atoms with Crippen LogP contribution in [0.4, 0.5) is 11.8 Å². The summed E-state index contributed by atoms with van der Waals surface area (Å²) in [5.74, 6) is 1.42. The second-order valence-corrected chi connectivity index (χ2v) is 4.73. The Morgan fingerprint density at radius 1 is 1.12 bits per heavy atom. The minimum atomic E-state index is 0.633. The molecule has 0 aromatic carbocycles. The highest BCUT2D eigenvalue weighted by Crippen LogP contribution is 2.22. The summed E-state index contributed by atoms with van der Waals surface area (Å²) in [5, 5.41) is 3.26. The van der Waals surface area contributed by atoms with E-state index in [9.17, 15) is 0 Å². The first-order valence-electron chi connectivity index (χ1n) is 6.03. The molecule has 0 atom stereocenters. The van der Waals surface area contributed by atoms with E-state index in [2.05, 4.69) is 32.1 Å². The third kappa shape index (κ3) is 1.94. The van der Waals surface area contributed by atoms with E-state index in [0.717, 1.165) is 56.5 Å². The Morgan fingerprint density at radius 3 is 2.65 bits per heavy atom. The van der Waals surface area contributed by atoms with Crippen LogP contribution in [0.15, 0.2) is 0 Å². The molecule has 0 amide bonds. The smallest absolute Gasteiger partial charge is 0.227 e. The number of aromatic nitrogens is 2. The number of hydrogen-bond donors (Lipinski definition) is 2. The number of nitrogens with two attached hydrogens (primary N) is 1. The molecule has 0 aliphatic carbocycles. The predicted octanol–water partition coefficient (Wildman–Crippen LogP) is -0.586. The van der Waals surface area contributed by atoms with E-state index in [0.29, 0.717) is 5.82 Å². The molecule has 6 nitrogen and oxygen atoms in total. The lowest BCUT2D eigenvalue weighted by Crippen LogP contribution is -2.45. The minimum Gasteiger partial charge on any atom is -0.383 e. The average Bonchev–Trinajstić information content (AvgIpc) is 2.78. The van der Waals surface area contributed by atoms with Crippen LogP contribution in [0.2, 0.25) is 0 Å². The Kier molecular flexibility index (Phi) is 2.60. The van der Waals surface area contributed by atoms with Gasteiger partial charge in [0.15, 0.2) is 0 Å². The lowest BCUT2D eigenvalue weighted by atomic mass is 10.2. The first kappa shape index (κ1) is 10.7. The average molecular weight is 234 g/mol. The van der Waals surface area contributed by atoms with Gasteiger partial charge in [-0.15, -0.1) is 0 Å². The van der Waals surface area contributed by atoms with Gasteiger partial charge in [0.05, 0.1) is 5.69 Å². The zero-order valence-electron chi connectivity index (χ0n) is 10.1. The Hall–Kier alpha value is -1.40. The van der Waals surface area contributed by atoms with Crippen LogP contribution >= 0.6 is 0 Å². The van der Waals surface area contributed by atoms with Crippen LogP contribution in [-0.4, -0.2) is 48.1 Å². The Labute approximate surface area is 101 Å². The van der Waals surface area contributed by atoms with E-state index in [4.69, 9.17) is 5.73 Å². The van der Waals surface area contributed by atoms with E-state index in [1.165, 1.54) is 0 Å². The van der Waals surface area contributed by atoms with Gasteiger partial charge in [-0.1, -0.05) is 0 Å². The molecular weight excluding hydrogens is 216 g/mol. The summed E-state index contributed by atoms with van der Waals surface area (Å²) in [6, 6.07) is 0. The van der Waals surface area contributed by atoms with Crippen LogP contribution in [0.5, 0.6) is 0 Å². The maximum atomic E-state index is 5.98. The number of piperazine rings is 1. The predicted molar refractivity (Wildman–Crippen MR) is 66.7 cm³/mol. The van der Waals surface area contributed by atoms with Crippen molar-refractivity contribution in [2.24, 2.45) is 0 Å². The molecule has 1 fully saturated rings. The fourth-order valence-electron chi connectivity index (χ4n) is 2.33. The van der Waals surface area contributed by atoms with Crippen molar-refractivity contribution in [1.29, 1.82) is 0 Å². The Balaban J connectivity index is 1.86. The van der Waals surface area contributed by atoms with Gasteiger partial charge in [-0.2, -0.15) is 4.98 Å². The number of likely N-dealkylation sites (N-methyl/N-ethyl adjacent to an activating group) is 1. The number of nitrogen functional groups attached to an aromatic ring is 1. The molecule has 3 N–H and O–H groups in total. The molecule has 3 rings (SSSR count). The van der Waals surface area contributed by atoms with Crippen molar-refractivity contribution in [3.8, 4) is 0 Å². The summed E-state index contributed by atoms with van der Waals surface area (Å²) in [5.41, 5.74) is 8.11. The Bertz CT molecular complexity index is 424. The monoisotopic (exact) mass is 234 g/mol. The zero-order valence-corrected chi connectivity index (χ0v) is 10.1. The second-order valence-electron chi connectivity index (χ2n) is 4.73. The first-order valence-corrected chi connectivity index (χ1v) is 6.03. The number of anilines is 2. The third-order valence-electron chi connectivity index (χ3n) is 3.49. The molecule has 0 radical (unpaired) electrons. The van der Waals surface area contributed by atoms with Crippen LogP contribution in [0.25, 0.3) is 0 Å². The molecule has 92 valence electrons. The maximum Gasteiger partial charge on any atom is 0.227 e. The molecule has 2 aliphatic heterocycles. The molecule has 0 saturated carbocycles. The molecule has 1 saturated heterocycles. The molecule has 0 spiro atoms. The van der Waals surface area contributed by atoms with Gasteiger partial charge in [0.1, 0.15) is 5.82 Å². The first-order chi connectivity index (χ1) is 8.24. The summed E-state index contributed by atoms with van der Waals surface area (Å²) in [4.78, 5) is 13.6. The fraction of sp³-hybridized carbons (Fsp3) is 0.636. The molecule has 6 heteroatoms. The molecule has 1 aromatic rings. The van der Waals surface area contributed by atoms with E-state index < -0.39 is 0 Å². The Morgan fingerprint density at radius 2 is 1.88 bits per heavy atom. The normalized spacial score (nSPS) is 20.6. The molecule has 17 heavy (non-hydrogen) atoms. The molecular formula is C11H18N6. The van der Waals surface area contributed by atoms with Crippen LogP contribution in [-0.2, 0) is 13.1 Å². The minimum absolute atomic E-state index is 0.633. The standard InChI is InChI=1S/C11H18N6/c1-16-2-4-17(5-3-16)11-14-9-7-13-6-8(9)10(12)15-11/h13H,2-7H2,1H3,(H2,12,14,15). The fourth-order valence-corrected chi connectivity index (χ4v) is 2.33. The molecule has 2 aliphatic rings. The molecule has 0 unspecified atom stereocenters. The second kappa shape index (κ2) is 4.12. The number of nitrogens with one attached hydrogen (secondary N) is 1. The number of rotatable bonds is 1. The third-order valence-corrected chi connectivity index (χ3v) is 3.49. The zero-order chi connectivity index (χ0) is 11.8. The highest BCUT2D eigenvalue weighted by molar-refractivity contribution is 5.49. The van der Waals surface area contributed by atoms with Crippen molar-refractivity contribution in [2.45, 2.75) is 13.1 Å². The van der Waals surface area contributed by atoms with Gasteiger partial charge in [-0.3, -0.25) is 0 Å². The van der Waals surface area contributed by atoms with E-state index in [1.807, 2.05) is 0 Å². The van der Waals surface area contributed by atoms with Crippen LogP contribution in [0, 0.1) is 0 Å². The summed E-state index contributed by atoms with van der Waals surface area (Å²) < 4.78 is 0. The molecule has 0 bridgehead atoms. The van der Waals surface area contributed by atoms with Gasteiger partial charge in [0, 0.05) is 44.8 Å². The van der Waals surface area contributed by atoms with Crippen molar-refractivity contribution in [3.63, 3.8) is 0 Å². The van der Waals surface area contributed by atoms with Crippen molar-refractivity contribution in [2.75, 3.05) is 43.9 Å². The van der Waals surface area contributed by atoms with Crippen molar-refractivity contribution in [1.82, 2.24) is 20.2 Å². The van der Waals surface area contributed by atoms with E-state index >= 15 is 0 Å². The van der Waals surface area contributed by atoms with Gasteiger partial charge in [0.25, 0.3) is 0 Å². The maximum absolute atomic E-state index is 5.98. The SMILES string of the molecule is CN1CCN(c2nc(N)c3c(n2)CNC3)CC1. The highest BCUT2D eigenvalue weighted by Gasteiger charge is 2.21. The van der Waals surface area contributed by atoms with Gasteiger partial charge in [-0.25, -0.2) is 4.98 Å². The van der Waals surface area contributed by atoms with Crippen LogP contribution in [0.3, 0.4) is 0 Å². The summed E-state index contributed by atoms with van der Waals surface area (Å²) >= 11 is 0. The summed E-state index contributed by atoms with van der Waals surface area (Å²) in [7, 11) is 2.14. The van der Waals surface area contributed by atoms with Crippen LogP contribution in [0.1, 0.15) is 11.3 Å². The van der Waals surface area contributed by atoms with E-state index in [1.54, 1.807) is 0 Å². The van der Waals surface area contributed by atoms with Gasteiger partial charge < -0.3 is 20.9 Å². The van der Waals surface area contributed by atoms with Gasteiger partial charge in [-0.05, 0) is 7.05 Å². The quantitative estimate of drug-likeness (QED) is 0.677. The topological polar surface area (TPSA) is 70.3 Å². The van der Waals surface area contributed by atoms with Crippen molar-refractivity contribution in [3.05, 3.63) is 11.3 Å². The van der Waals surface area contributed by atoms with E-state index in [-0.39, 0.29) is 0 Å². The number of nitrogens with zero attached hydrogens (tertiary/aromatic N) is 4. The summed E-state index contributed by atoms with van der Waals surface area (Å²) in [6.45, 7) is 5.66. The van der Waals surface area contributed by atoms with Gasteiger partial charge >= 0.3 is 0 Å². The molecule has 3 heterocycles. The summed E-state index contributed by atoms with van der Waals surface area (Å²) in [6.07, 6.45) is 0. The van der Waals surface area contributed by atoms with Gasteiger partial charge in [0.2, 0.25) is 5.95 Å². The van der Waals surface area contributed by atoms with Crippen molar-refractivity contribution < 1.29 is 0 Å². The number of fused-ring (bicyclic) bond motifs is 1. The van der Waals surface area contributed by atoms with Crippen molar-refractivity contribution >= 4 is 11.8 Å². The largest absolute Gasteiger partial charge is 0.383 e. The lowest BCUT2D eigenvalue weighted by molar-refractivity contribution is 0.311. The highest BCUT2D eigenvalue weighted by atomic mass is 15.3.